The van der Waals surface area contributed by atoms with Crippen molar-refractivity contribution in [1.82, 2.24) is 4.57 Å². The molecule has 1 heterocycles. The van der Waals surface area contributed by atoms with Crippen LogP contribution in [0.1, 0.15) is 36.9 Å². The van der Waals surface area contributed by atoms with Gasteiger partial charge in [-0.3, -0.25) is 0 Å². The molecule has 118 valence electrons. The van der Waals surface area contributed by atoms with Crippen molar-refractivity contribution in [3.8, 4) is 0 Å². The molecule has 4 rings (SSSR count). The zero-order valence-electron chi connectivity index (χ0n) is 13.3. The van der Waals surface area contributed by atoms with E-state index in [9.17, 15) is 4.79 Å². The Balaban J connectivity index is 2.02. The minimum atomic E-state index is 0.389. The van der Waals surface area contributed by atoms with Gasteiger partial charge in [-0.1, -0.05) is 29.3 Å². The zero-order valence-corrected chi connectivity index (χ0v) is 14.1. The minimum absolute atomic E-state index is 0.389. The summed E-state index contributed by atoms with van der Waals surface area (Å²) in [6.45, 7) is 2.51. The average Bonchev–Trinajstić information content (AvgIpc) is 3.35. The maximum atomic E-state index is 11.1. The van der Waals surface area contributed by atoms with Crippen molar-refractivity contribution in [3.05, 3.63) is 52.2 Å². The molecule has 2 aliphatic rings. The van der Waals surface area contributed by atoms with Gasteiger partial charge in [0, 0.05) is 27.2 Å². The van der Waals surface area contributed by atoms with Crippen LogP contribution in [0.4, 0.5) is 0 Å². The molecule has 0 aliphatic heterocycles. The van der Waals surface area contributed by atoms with Crippen LogP contribution in [-0.4, -0.2) is 10.9 Å². The van der Waals surface area contributed by atoms with Gasteiger partial charge in [-0.25, -0.2) is 0 Å². The molecule has 0 unspecified atom stereocenters. The molecule has 1 aromatic carbocycles. The first kappa shape index (κ1) is 14.8. The molecule has 0 bridgehead atoms. The van der Waals surface area contributed by atoms with E-state index >= 15 is 0 Å². The van der Waals surface area contributed by atoms with Crippen molar-refractivity contribution in [1.29, 1.82) is 0 Å². The van der Waals surface area contributed by atoms with Gasteiger partial charge in [0.15, 0.2) is 0 Å². The van der Waals surface area contributed by atoms with Crippen molar-refractivity contribution in [2.24, 2.45) is 5.92 Å². The molecule has 0 radical (unpaired) electrons. The lowest BCUT2D eigenvalue weighted by Crippen LogP contribution is -2.03. The van der Waals surface area contributed by atoms with E-state index in [4.69, 9.17) is 11.6 Å². The van der Waals surface area contributed by atoms with E-state index in [1.807, 2.05) is 18.2 Å². The van der Waals surface area contributed by atoms with Crippen LogP contribution in [0.5, 0.6) is 0 Å². The fraction of sp³-hybridized carbons (Fsp3) is 0.350. The van der Waals surface area contributed by atoms with Gasteiger partial charge in [0.25, 0.3) is 0 Å². The van der Waals surface area contributed by atoms with Crippen molar-refractivity contribution >= 4 is 34.4 Å². The second-order valence-electron chi connectivity index (χ2n) is 6.55. The standard InChI is InChI=1S/C20H20ClNO/c1-13-20(17-5-3-2-4-16(17)14-6-7-14)18-12-15(21)8-9-19(18)22(13)10-11-23/h3,5,8-9,11-12,14H,2,4,6-7,10H2,1H3. The lowest BCUT2D eigenvalue weighted by atomic mass is 9.88. The Kier molecular flexibility index (Phi) is 3.65. The molecule has 0 amide bonds. The fourth-order valence-electron chi connectivity index (χ4n) is 3.89. The van der Waals surface area contributed by atoms with Gasteiger partial charge in [0.1, 0.15) is 6.29 Å². The summed E-state index contributed by atoms with van der Waals surface area (Å²) in [5.74, 6) is 0.762. The van der Waals surface area contributed by atoms with E-state index in [1.165, 1.54) is 24.0 Å². The number of carbonyl (C=O) groups is 1. The summed E-state index contributed by atoms with van der Waals surface area (Å²) < 4.78 is 2.11. The summed E-state index contributed by atoms with van der Waals surface area (Å²) in [6.07, 6.45) is 10.5. The third-order valence-corrected chi connectivity index (χ3v) is 5.33. The summed E-state index contributed by atoms with van der Waals surface area (Å²) in [5.41, 5.74) is 6.49. The normalized spacial score (nSPS) is 18.0. The van der Waals surface area contributed by atoms with Crippen molar-refractivity contribution in [3.63, 3.8) is 0 Å². The number of hydrogen-bond acceptors (Lipinski definition) is 1. The summed E-state index contributed by atoms with van der Waals surface area (Å²) in [7, 11) is 0. The highest BCUT2D eigenvalue weighted by atomic mass is 35.5. The fourth-order valence-corrected chi connectivity index (χ4v) is 4.06. The number of rotatable bonds is 4. The highest BCUT2D eigenvalue weighted by molar-refractivity contribution is 6.31. The maximum absolute atomic E-state index is 11.1. The first-order valence-corrected chi connectivity index (χ1v) is 8.70. The number of hydrogen-bond donors (Lipinski definition) is 0. The van der Waals surface area contributed by atoms with Crippen LogP contribution in [0.15, 0.2) is 35.9 Å². The minimum Gasteiger partial charge on any atom is -0.337 e. The van der Waals surface area contributed by atoms with E-state index in [0.29, 0.717) is 6.54 Å². The van der Waals surface area contributed by atoms with Crippen LogP contribution in [0.25, 0.3) is 16.5 Å². The van der Waals surface area contributed by atoms with Crippen LogP contribution < -0.4 is 0 Å². The SMILES string of the molecule is Cc1c(C2=C(C3CC3)CCC=C2)c2cc(Cl)ccc2n1CC=O. The largest absolute Gasteiger partial charge is 0.337 e. The summed E-state index contributed by atoms with van der Waals surface area (Å²) in [4.78, 5) is 11.1. The first-order chi connectivity index (χ1) is 11.2. The Labute approximate surface area is 141 Å². The number of fused-ring (bicyclic) bond motifs is 1. The van der Waals surface area contributed by atoms with Crippen LogP contribution in [-0.2, 0) is 11.3 Å². The number of benzene rings is 1. The molecular formula is C20H20ClNO. The Bertz CT molecular complexity index is 852. The third-order valence-electron chi connectivity index (χ3n) is 5.09. The third kappa shape index (κ3) is 2.46. The van der Waals surface area contributed by atoms with E-state index < -0.39 is 0 Å². The monoisotopic (exact) mass is 325 g/mol. The molecule has 0 N–H and O–H groups in total. The van der Waals surface area contributed by atoms with Gasteiger partial charge >= 0.3 is 0 Å². The molecule has 2 aromatic rings. The Hall–Kier alpha value is -1.80. The predicted octanol–water partition coefficient (Wildman–Crippen LogP) is 5.32. The number of aromatic nitrogens is 1. The lowest BCUT2D eigenvalue weighted by molar-refractivity contribution is -0.108. The summed E-state index contributed by atoms with van der Waals surface area (Å²) in [5, 5.41) is 1.91. The van der Waals surface area contributed by atoms with Crippen LogP contribution in [0, 0.1) is 12.8 Å². The van der Waals surface area contributed by atoms with Crippen molar-refractivity contribution < 1.29 is 4.79 Å². The molecule has 23 heavy (non-hydrogen) atoms. The molecule has 1 aromatic heterocycles. The van der Waals surface area contributed by atoms with Crippen LogP contribution in [0.2, 0.25) is 5.02 Å². The van der Waals surface area contributed by atoms with Crippen molar-refractivity contribution in [2.45, 2.75) is 39.2 Å². The molecule has 1 saturated carbocycles. The lowest BCUT2D eigenvalue weighted by Gasteiger charge is -2.17. The highest BCUT2D eigenvalue weighted by Crippen LogP contribution is 2.46. The van der Waals surface area contributed by atoms with Gasteiger partial charge in [-0.2, -0.15) is 0 Å². The zero-order chi connectivity index (χ0) is 16.0. The topological polar surface area (TPSA) is 22.0 Å². The number of nitrogens with zero attached hydrogens (tertiary/aromatic N) is 1. The second kappa shape index (κ2) is 5.68. The number of aldehydes is 1. The summed E-state index contributed by atoms with van der Waals surface area (Å²) in [6, 6.07) is 5.98. The maximum Gasteiger partial charge on any atom is 0.139 e. The van der Waals surface area contributed by atoms with Gasteiger partial charge in [-0.05, 0) is 62.3 Å². The van der Waals surface area contributed by atoms with E-state index in [2.05, 4.69) is 23.6 Å². The number of halogens is 1. The number of allylic oxidation sites excluding steroid dienone is 4. The Morgan fingerprint density at radius 3 is 2.91 bits per heavy atom. The Morgan fingerprint density at radius 1 is 1.35 bits per heavy atom. The van der Waals surface area contributed by atoms with Crippen LogP contribution >= 0.6 is 11.6 Å². The smallest absolute Gasteiger partial charge is 0.139 e. The molecule has 0 saturated heterocycles. The first-order valence-electron chi connectivity index (χ1n) is 8.32. The van der Waals surface area contributed by atoms with Gasteiger partial charge in [0.05, 0.1) is 6.54 Å². The molecule has 2 nitrogen and oxygen atoms in total. The second-order valence-corrected chi connectivity index (χ2v) is 6.99. The average molecular weight is 326 g/mol. The van der Waals surface area contributed by atoms with Crippen LogP contribution in [0.3, 0.4) is 0 Å². The highest BCUT2D eigenvalue weighted by Gasteiger charge is 2.30. The molecule has 0 spiro atoms. The molecule has 0 atom stereocenters. The van der Waals surface area contributed by atoms with E-state index in [1.54, 1.807) is 5.57 Å². The van der Waals surface area contributed by atoms with Gasteiger partial charge in [-0.15, -0.1) is 0 Å². The molecule has 1 fully saturated rings. The van der Waals surface area contributed by atoms with Gasteiger partial charge < -0.3 is 9.36 Å². The molecule has 2 aliphatic carbocycles. The van der Waals surface area contributed by atoms with Gasteiger partial charge in [0.2, 0.25) is 0 Å². The number of carbonyl (C=O) groups excluding carboxylic acids is 1. The van der Waals surface area contributed by atoms with E-state index in [-0.39, 0.29) is 0 Å². The summed E-state index contributed by atoms with van der Waals surface area (Å²) >= 11 is 6.27. The van der Waals surface area contributed by atoms with Crippen molar-refractivity contribution in [2.75, 3.05) is 0 Å². The molecular weight excluding hydrogens is 306 g/mol. The Morgan fingerprint density at radius 2 is 2.17 bits per heavy atom. The van der Waals surface area contributed by atoms with E-state index in [0.717, 1.165) is 46.7 Å². The molecule has 3 heteroatoms. The predicted molar refractivity (Wildman–Crippen MR) is 95.8 cm³/mol. The quantitative estimate of drug-likeness (QED) is 0.698.